The van der Waals surface area contributed by atoms with Crippen LogP contribution in [0, 0.1) is 0 Å². The molecule has 1 rings (SSSR count). The van der Waals surface area contributed by atoms with Crippen molar-refractivity contribution in [3.8, 4) is 0 Å². The van der Waals surface area contributed by atoms with Crippen LogP contribution in [0.15, 0.2) is 12.4 Å². The van der Waals surface area contributed by atoms with Gasteiger partial charge < -0.3 is 5.11 Å². The maximum atomic E-state index is 9.83. The third kappa shape index (κ3) is 5.31. The fourth-order valence-corrected chi connectivity index (χ4v) is 1.93. The fourth-order valence-electron chi connectivity index (χ4n) is 1.93. The van der Waals surface area contributed by atoms with Crippen molar-refractivity contribution >= 4 is 0 Å². The summed E-state index contributed by atoms with van der Waals surface area (Å²) >= 11 is 0. The number of rotatable bonds is 8. The van der Waals surface area contributed by atoms with Crippen LogP contribution in [-0.2, 0) is 13.5 Å². The van der Waals surface area contributed by atoms with Gasteiger partial charge in [-0.25, -0.2) is 0 Å². The highest BCUT2D eigenvalue weighted by atomic mass is 16.3. The van der Waals surface area contributed by atoms with E-state index < -0.39 is 0 Å². The highest BCUT2D eigenvalue weighted by molar-refractivity contribution is 5.04. The van der Waals surface area contributed by atoms with E-state index in [0.29, 0.717) is 0 Å². The molecule has 1 unspecified atom stereocenters. The number of aryl methyl sites for hydroxylation is 1. The Morgan fingerprint density at radius 3 is 2.69 bits per heavy atom. The van der Waals surface area contributed by atoms with E-state index >= 15 is 0 Å². The van der Waals surface area contributed by atoms with Crippen molar-refractivity contribution in [1.82, 2.24) is 9.78 Å². The van der Waals surface area contributed by atoms with Gasteiger partial charge in [0.25, 0.3) is 0 Å². The Hall–Kier alpha value is -0.830. The molecule has 3 heteroatoms. The molecule has 0 saturated carbocycles. The second kappa shape index (κ2) is 7.44. The van der Waals surface area contributed by atoms with Gasteiger partial charge in [0.2, 0.25) is 0 Å². The highest BCUT2D eigenvalue weighted by Crippen LogP contribution is 2.10. The molecule has 1 aromatic rings. The first-order chi connectivity index (χ1) is 7.72. The van der Waals surface area contributed by atoms with Gasteiger partial charge in [-0.3, -0.25) is 4.68 Å². The molecule has 1 atom stereocenters. The molecule has 0 aliphatic heterocycles. The first-order valence-corrected chi connectivity index (χ1v) is 6.38. The van der Waals surface area contributed by atoms with Crippen molar-refractivity contribution in [2.75, 3.05) is 0 Å². The molecule has 1 aromatic heterocycles. The van der Waals surface area contributed by atoms with Crippen LogP contribution in [0.1, 0.15) is 51.0 Å². The van der Waals surface area contributed by atoms with E-state index in [4.69, 9.17) is 0 Å². The van der Waals surface area contributed by atoms with Crippen LogP contribution in [0.25, 0.3) is 0 Å². The van der Waals surface area contributed by atoms with E-state index in [1.165, 1.54) is 25.7 Å². The lowest BCUT2D eigenvalue weighted by molar-refractivity contribution is 0.161. The molecule has 3 nitrogen and oxygen atoms in total. The second-order valence-corrected chi connectivity index (χ2v) is 4.58. The summed E-state index contributed by atoms with van der Waals surface area (Å²) < 4.78 is 1.78. The summed E-state index contributed by atoms with van der Waals surface area (Å²) in [6, 6.07) is 0. The summed E-state index contributed by atoms with van der Waals surface area (Å²) in [5.74, 6) is 0. The lowest BCUT2D eigenvalue weighted by Crippen LogP contribution is -2.09. The predicted octanol–water partition coefficient (Wildman–Crippen LogP) is 2.68. The number of unbranched alkanes of at least 4 members (excludes halogenated alkanes) is 4. The zero-order valence-corrected chi connectivity index (χ0v) is 10.5. The lowest BCUT2D eigenvalue weighted by atomic mass is 10.0. The molecular weight excluding hydrogens is 200 g/mol. The maximum Gasteiger partial charge on any atom is 0.0581 e. The minimum atomic E-state index is -0.203. The number of hydrogen-bond donors (Lipinski definition) is 1. The number of aliphatic hydroxyl groups excluding tert-OH is 1. The number of nitrogens with zero attached hydrogens (tertiary/aromatic N) is 2. The minimum absolute atomic E-state index is 0.203. The molecule has 0 bridgehead atoms. The molecule has 0 radical (unpaired) electrons. The second-order valence-electron chi connectivity index (χ2n) is 4.58. The monoisotopic (exact) mass is 224 g/mol. The van der Waals surface area contributed by atoms with Gasteiger partial charge in [0, 0.05) is 19.7 Å². The fraction of sp³-hybridized carbons (Fsp3) is 0.769. The molecule has 0 amide bonds. The third-order valence-corrected chi connectivity index (χ3v) is 2.87. The minimum Gasteiger partial charge on any atom is -0.393 e. The maximum absolute atomic E-state index is 9.83. The summed E-state index contributed by atoms with van der Waals surface area (Å²) in [7, 11) is 1.90. The first-order valence-electron chi connectivity index (χ1n) is 6.38. The average molecular weight is 224 g/mol. The molecule has 0 spiro atoms. The standard InChI is InChI=1S/C13H24N2O/c1-3-4-5-6-7-8-13(16)9-12-10-14-15(2)11-12/h10-11,13,16H,3-9H2,1-2H3. The average Bonchev–Trinajstić information content (AvgIpc) is 2.63. The Morgan fingerprint density at radius 1 is 1.31 bits per heavy atom. The number of hydrogen-bond acceptors (Lipinski definition) is 2. The third-order valence-electron chi connectivity index (χ3n) is 2.87. The van der Waals surface area contributed by atoms with Gasteiger partial charge >= 0.3 is 0 Å². The SMILES string of the molecule is CCCCCCCC(O)Cc1cnn(C)c1. The zero-order chi connectivity index (χ0) is 11.8. The molecule has 16 heavy (non-hydrogen) atoms. The van der Waals surface area contributed by atoms with Crippen LogP contribution in [0.5, 0.6) is 0 Å². The van der Waals surface area contributed by atoms with E-state index in [1.807, 2.05) is 19.4 Å². The van der Waals surface area contributed by atoms with Gasteiger partial charge in [0.05, 0.1) is 12.3 Å². The van der Waals surface area contributed by atoms with Crippen LogP contribution < -0.4 is 0 Å². The largest absolute Gasteiger partial charge is 0.393 e. The molecular formula is C13H24N2O. The summed E-state index contributed by atoms with van der Waals surface area (Å²) in [6.45, 7) is 2.22. The molecule has 0 aliphatic carbocycles. The van der Waals surface area contributed by atoms with Crippen molar-refractivity contribution in [3.63, 3.8) is 0 Å². The van der Waals surface area contributed by atoms with Crippen molar-refractivity contribution in [2.24, 2.45) is 7.05 Å². The van der Waals surface area contributed by atoms with Gasteiger partial charge in [-0.1, -0.05) is 39.0 Å². The smallest absolute Gasteiger partial charge is 0.0581 e. The van der Waals surface area contributed by atoms with Gasteiger partial charge in [0.15, 0.2) is 0 Å². The van der Waals surface area contributed by atoms with E-state index in [2.05, 4.69) is 12.0 Å². The predicted molar refractivity (Wildman–Crippen MR) is 66.3 cm³/mol. The van der Waals surface area contributed by atoms with E-state index in [0.717, 1.165) is 24.8 Å². The summed E-state index contributed by atoms with van der Waals surface area (Å²) in [6.07, 6.45) is 11.5. The normalized spacial score (nSPS) is 12.9. The summed E-state index contributed by atoms with van der Waals surface area (Å²) in [4.78, 5) is 0. The summed E-state index contributed by atoms with van der Waals surface area (Å²) in [5, 5.41) is 13.9. The highest BCUT2D eigenvalue weighted by Gasteiger charge is 2.06. The Labute approximate surface area is 98.5 Å². The van der Waals surface area contributed by atoms with E-state index in [9.17, 15) is 5.11 Å². The van der Waals surface area contributed by atoms with Crippen molar-refractivity contribution in [3.05, 3.63) is 18.0 Å². The van der Waals surface area contributed by atoms with E-state index in [-0.39, 0.29) is 6.10 Å². The van der Waals surface area contributed by atoms with Crippen LogP contribution in [-0.4, -0.2) is 21.0 Å². The summed E-state index contributed by atoms with van der Waals surface area (Å²) in [5.41, 5.74) is 1.13. The van der Waals surface area contributed by atoms with Gasteiger partial charge in [-0.15, -0.1) is 0 Å². The Bertz CT molecular complexity index is 283. The van der Waals surface area contributed by atoms with Gasteiger partial charge in [0.1, 0.15) is 0 Å². The van der Waals surface area contributed by atoms with Crippen molar-refractivity contribution < 1.29 is 5.11 Å². The van der Waals surface area contributed by atoms with Gasteiger partial charge in [-0.2, -0.15) is 5.10 Å². The molecule has 0 saturated heterocycles. The molecule has 0 aromatic carbocycles. The molecule has 0 aliphatic rings. The zero-order valence-electron chi connectivity index (χ0n) is 10.5. The van der Waals surface area contributed by atoms with Gasteiger partial charge in [-0.05, 0) is 12.0 Å². The quantitative estimate of drug-likeness (QED) is 0.689. The lowest BCUT2D eigenvalue weighted by Gasteiger charge is -2.08. The molecule has 92 valence electrons. The van der Waals surface area contributed by atoms with Crippen LogP contribution in [0.3, 0.4) is 0 Å². The Morgan fingerprint density at radius 2 is 2.06 bits per heavy atom. The molecule has 1 heterocycles. The topological polar surface area (TPSA) is 38.1 Å². The number of aromatic nitrogens is 2. The van der Waals surface area contributed by atoms with Crippen LogP contribution in [0.2, 0.25) is 0 Å². The van der Waals surface area contributed by atoms with Crippen molar-refractivity contribution in [2.45, 2.75) is 58.0 Å². The Kier molecular flexibility index (Phi) is 6.16. The Balaban J connectivity index is 2.09. The van der Waals surface area contributed by atoms with Crippen LogP contribution >= 0.6 is 0 Å². The van der Waals surface area contributed by atoms with E-state index in [1.54, 1.807) is 4.68 Å². The molecule has 0 fully saturated rings. The van der Waals surface area contributed by atoms with Crippen molar-refractivity contribution in [1.29, 1.82) is 0 Å². The molecule has 1 N–H and O–H groups in total. The first kappa shape index (κ1) is 13.2. The van der Waals surface area contributed by atoms with Crippen LogP contribution in [0.4, 0.5) is 0 Å². The number of aliphatic hydroxyl groups is 1.